The van der Waals surface area contributed by atoms with E-state index < -0.39 is 0 Å². The summed E-state index contributed by atoms with van der Waals surface area (Å²) in [7, 11) is 3.12. The van der Waals surface area contributed by atoms with E-state index in [4.69, 9.17) is 4.74 Å². The number of carbonyl (C=O) groups excluding carboxylic acids is 1. The molecular weight excluding hydrogens is 390 g/mol. The fourth-order valence-electron chi connectivity index (χ4n) is 5.16. The van der Waals surface area contributed by atoms with Gasteiger partial charge in [-0.1, -0.05) is 24.3 Å². The third-order valence-corrected chi connectivity index (χ3v) is 6.52. The summed E-state index contributed by atoms with van der Waals surface area (Å²) in [5.41, 5.74) is 1.44. The van der Waals surface area contributed by atoms with Crippen LogP contribution in [0.15, 0.2) is 36.4 Å². The van der Waals surface area contributed by atoms with Crippen LogP contribution in [0.1, 0.15) is 44.6 Å². The van der Waals surface area contributed by atoms with Gasteiger partial charge >= 0.3 is 0 Å². The smallest absolute Gasteiger partial charge is 0.217 e. The van der Waals surface area contributed by atoms with E-state index in [-0.39, 0.29) is 5.91 Å². The molecule has 3 unspecified atom stereocenters. The highest BCUT2D eigenvalue weighted by Crippen LogP contribution is 2.30. The fraction of sp³-hybridized carbons (Fsp3) is 0.560. The molecule has 1 saturated heterocycles. The second kappa shape index (κ2) is 11.5. The van der Waals surface area contributed by atoms with Crippen molar-refractivity contribution in [3.8, 4) is 5.75 Å². The fourth-order valence-corrected chi connectivity index (χ4v) is 5.16. The number of ether oxygens (including phenoxy) is 1. The van der Waals surface area contributed by atoms with Crippen molar-refractivity contribution < 1.29 is 14.4 Å². The Kier molecular flexibility index (Phi) is 8.69. The van der Waals surface area contributed by atoms with Gasteiger partial charge in [-0.25, -0.2) is 5.90 Å². The molecule has 0 spiro atoms. The number of rotatable bonds is 5. The number of hydrogen-bond donors (Lipinski definition) is 2. The molecule has 1 aliphatic heterocycles. The molecule has 31 heavy (non-hydrogen) atoms. The van der Waals surface area contributed by atoms with Crippen molar-refractivity contribution in [1.29, 1.82) is 0 Å². The zero-order valence-corrected chi connectivity index (χ0v) is 19.1. The molecule has 2 aromatic rings. The molecule has 6 heteroatoms. The Morgan fingerprint density at radius 1 is 1.13 bits per heavy atom. The summed E-state index contributed by atoms with van der Waals surface area (Å²) in [6, 6.07) is 14.2. The standard InChI is InChI=1S/C24H32N2O2.CH5NO/c1-17(27)25-22-8-9-23(15-22)26-11-3-4-19(16-26)12-18-5-6-21-14-24(28-2)10-7-20(21)13-18;1-3-2/h5-7,10,13-14,19,22-23H,3-4,8-9,11-12,15-16H2,1-2H3,(H,25,27);2H2,1H3. The molecule has 1 aliphatic carbocycles. The number of nitrogens with one attached hydrogen (secondary N) is 1. The van der Waals surface area contributed by atoms with Crippen LogP contribution in [0.3, 0.4) is 0 Å². The molecule has 2 aromatic carbocycles. The summed E-state index contributed by atoms with van der Waals surface area (Å²) in [5.74, 6) is 6.10. The zero-order valence-electron chi connectivity index (χ0n) is 19.1. The average Bonchev–Trinajstić information content (AvgIpc) is 3.22. The van der Waals surface area contributed by atoms with E-state index in [1.54, 1.807) is 14.0 Å². The lowest BCUT2D eigenvalue weighted by atomic mass is 9.89. The minimum absolute atomic E-state index is 0.107. The number of methoxy groups -OCH3 is 1. The number of nitrogens with two attached hydrogens (primary N) is 1. The first-order valence-corrected chi connectivity index (χ1v) is 11.3. The molecule has 3 N–H and O–H groups in total. The normalized spacial score (nSPS) is 23.8. The van der Waals surface area contributed by atoms with Crippen LogP contribution in [-0.4, -0.2) is 50.2 Å². The van der Waals surface area contributed by atoms with Gasteiger partial charge in [-0.05, 0) is 79.5 Å². The third-order valence-electron chi connectivity index (χ3n) is 6.52. The maximum Gasteiger partial charge on any atom is 0.217 e. The van der Waals surface area contributed by atoms with E-state index in [1.807, 2.05) is 6.07 Å². The highest BCUT2D eigenvalue weighted by molar-refractivity contribution is 5.84. The van der Waals surface area contributed by atoms with Gasteiger partial charge < -0.3 is 19.8 Å². The summed E-state index contributed by atoms with van der Waals surface area (Å²) in [5, 5.41) is 5.64. The summed E-state index contributed by atoms with van der Waals surface area (Å²) in [4.78, 5) is 17.8. The molecule has 0 radical (unpaired) electrons. The Balaban J connectivity index is 0.000000858. The predicted molar refractivity (Wildman–Crippen MR) is 125 cm³/mol. The minimum atomic E-state index is 0.107. The topological polar surface area (TPSA) is 76.8 Å². The van der Waals surface area contributed by atoms with Gasteiger partial charge in [-0.3, -0.25) is 4.79 Å². The van der Waals surface area contributed by atoms with E-state index >= 15 is 0 Å². The van der Waals surface area contributed by atoms with Crippen molar-refractivity contribution in [3.63, 3.8) is 0 Å². The summed E-state index contributed by atoms with van der Waals surface area (Å²) < 4.78 is 5.33. The first-order chi connectivity index (χ1) is 15.0. The molecule has 0 aromatic heterocycles. The van der Waals surface area contributed by atoms with Gasteiger partial charge in [0.1, 0.15) is 5.75 Å². The molecule has 6 nitrogen and oxygen atoms in total. The number of amides is 1. The first kappa shape index (κ1) is 23.5. The lowest BCUT2D eigenvalue weighted by Gasteiger charge is -2.37. The van der Waals surface area contributed by atoms with E-state index in [1.165, 1.54) is 55.8 Å². The Bertz CT molecular complexity index is 857. The first-order valence-electron chi connectivity index (χ1n) is 11.3. The zero-order chi connectivity index (χ0) is 22.2. The molecule has 0 bridgehead atoms. The molecule has 2 fully saturated rings. The SMILES string of the molecule is CON.COc1ccc2cc(CC3CCCN(C4CCC(NC(C)=O)C4)C3)ccc2c1. The van der Waals surface area contributed by atoms with Crippen molar-refractivity contribution in [3.05, 3.63) is 42.0 Å². The monoisotopic (exact) mass is 427 g/mol. The number of carbonyl (C=O) groups is 1. The number of fused-ring (bicyclic) bond motifs is 1. The molecule has 1 amide bonds. The lowest BCUT2D eigenvalue weighted by Crippen LogP contribution is -2.43. The van der Waals surface area contributed by atoms with E-state index in [0.29, 0.717) is 12.1 Å². The molecule has 2 aliphatic rings. The van der Waals surface area contributed by atoms with Gasteiger partial charge in [0.25, 0.3) is 0 Å². The number of piperidine rings is 1. The Morgan fingerprint density at radius 3 is 2.61 bits per heavy atom. The Morgan fingerprint density at radius 2 is 1.87 bits per heavy atom. The van der Waals surface area contributed by atoms with Crippen molar-refractivity contribution >= 4 is 16.7 Å². The predicted octanol–water partition coefficient (Wildman–Crippen LogP) is 3.67. The van der Waals surface area contributed by atoms with Crippen LogP contribution in [0.5, 0.6) is 5.75 Å². The van der Waals surface area contributed by atoms with Crippen molar-refractivity contribution in [2.24, 2.45) is 11.8 Å². The van der Waals surface area contributed by atoms with Crippen LogP contribution in [0, 0.1) is 5.92 Å². The highest BCUT2D eigenvalue weighted by Gasteiger charge is 2.32. The van der Waals surface area contributed by atoms with Gasteiger partial charge in [0.05, 0.1) is 14.2 Å². The Hall–Kier alpha value is -2.15. The van der Waals surface area contributed by atoms with Crippen molar-refractivity contribution in [2.75, 3.05) is 27.3 Å². The molecule has 170 valence electrons. The summed E-state index contributed by atoms with van der Waals surface area (Å²) >= 11 is 0. The summed E-state index contributed by atoms with van der Waals surface area (Å²) in [6.07, 6.45) is 7.22. The highest BCUT2D eigenvalue weighted by atomic mass is 16.6. The van der Waals surface area contributed by atoms with E-state index in [9.17, 15) is 4.79 Å². The minimum Gasteiger partial charge on any atom is -0.497 e. The Labute approximate surface area is 186 Å². The molecule has 4 rings (SSSR count). The van der Waals surface area contributed by atoms with Gasteiger partial charge in [0.15, 0.2) is 0 Å². The molecule has 1 heterocycles. The van der Waals surface area contributed by atoms with Crippen LogP contribution >= 0.6 is 0 Å². The lowest BCUT2D eigenvalue weighted by molar-refractivity contribution is -0.119. The maximum atomic E-state index is 11.3. The third kappa shape index (κ3) is 6.66. The van der Waals surface area contributed by atoms with Crippen molar-refractivity contribution in [1.82, 2.24) is 10.2 Å². The molecule has 3 atom stereocenters. The number of hydrogen-bond acceptors (Lipinski definition) is 5. The van der Waals surface area contributed by atoms with E-state index in [2.05, 4.69) is 51.3 Å². The van der Waals surface area contributed by atoms with Gasteiger partial charge in [-0.15, -0.1) is 0 Å². The number of likely N-dealkylation sites (tertiary alicyclic amines) is 1. The number of nitrogens with zero attached hydrogens (tertiary/aromatic N) is 1. The van der Waals surface area contributed by atoms with Crippen LogP contribution in [0.25, 0.3) is 10.8 Å². The molecule has 1 saturated carbocycles. The van der Waals surface area contributed by atoms with Crippen LogP contribution in [-0.2, 0) is 16.1 Å². The van der Waals surface area contributed by atoms with Crippen molar-refractivity contribution in [2.45, 2.75) is 57.5 Å². The second-order valence-corrected chi connectivity index (χ2v) is 8.85. The van der Waals surface area contributed by atoms with E-state index in [0.717, 1.165) is 30.9 Å². The largest absolute Gasteiger partial charge is 0.497 e. The quantitative estimate of drug-likeness (QED) is 0.712. The van der Waals surface area contributed by atoms with Crippen LogP contribution in [0.2, 0.25) is 0 Å². The average molecular weight is 428 g/mol. The van der Waals surface area contributed by atoms with Crippen LogP contribution < -0.4 is 16.0 Å². The van der Waals surface area contributed by atoms with Gasteiger partial charge in [-0.2, -0.15) is 0 Å². The molecular formula is C25H37N3O3. The van der Waals surface area contributed by atoms with Gasteiger partial charge in [0.2, 0.25) is 5.91 Å². The second-order valence-electron chi connectivity index (χ2n) is 8.85. The number of benzene rings is 2. The summed E-state index contributed by atoms with van der Waals surface area (Å²) in [6.45, 7) is 4.04. The van der Waals surface area contributed by atoms with Crippen LogP contribution in [0.4, 0.5) is 0 Å². The maximum absolute atomic E-state index is 11.3. The van der Waals surface area contributed by atoms with Gasteiger partial charge in [0, 0.05) is 25.6 Å².